The second-order valence-corrected chi connectivity index (χ2v) is 6.88. The van der Waals surface area contributed by atoms with Crippen LogP contribution in [0.25, 0.3) is 44.1 Å². The molecular weight excluding hydrogens is 369 g/mol. The Hall–Kier alpha value is -3.80. The summed E-state index contributed by atoms with van der Waals surface area (Å²) in [6.07, 6.45) is 0. The van der Waals surface area contributed by atoms with E-state index in [1.165, 1.54) is 19.2 Å². The van der Waals surface area contributed by atoms with E-state index in [4.69, 9.17) is 4.74 Å². The zero-order valence-corrected chi connectivity index (χ0v) is 15.8. The van der Waals surface area contributed by atoms with Crippen molar-refractivity contribution in [2.24, 2.45) is 0 Å². The van der Waals surface area contributed by atoms with E-state index in [-0.39, 0.29) is 11.5 Å². The van der Waals surface area contributed by atoms with Gasteiger partial charge in [0.2, 0.25) is 0 Å². The molecule has 0 bridgehead atoms. The van der Waals surface area contributed by atoms with Gasteiger partial charge in [0.25, 0.3) is 0 Å². The first-order valence-electron chi connectivity index (χ1n) is 9.13. The Labute approximate surface area is 165 Å². The van der Waals surface area contributed by atoms with E-state index in [0.717, 1.165) is 27.4 Å². The van der Waals surface area contributed by atoms with Crippen LogP contribution in [0, 0.1) is 12.7 Å². The molecule has 0 amide bonds. The van der Waals surface area contributed by atoms with Crippen molar-refractivity contribution in [3.05, 3.63) is 71.7 Å². The van der Waals surface area contributed by atoms with Crippen molar-refractivity contribution in [2.45, 2.75) is 6.92 Å². The highest BCUT2D eigenvalue weighted by atomic mass is 19.1. The fourth-order valence-corrected chi connectivity index (χ4v) is 3.79. The van der Waals surface area contributed by atoms with Crippen LogP contribution in [-0.4, -0.2) is 28.0 Å². The molecule has 0 aliphatic rings. The number of fused-ring (bicyclic) bond motifs is 4. The van der Waals surface area contributed by atoms with Crippen molar-refractivity contribution >= 4 is 38.7 Å². The fourth-order valence-electron chi connectivity index (χ4n) is 3.79. The number of nitrogens with zero attached hydrogens (tertiary/aromatic N) is 2. The zero-order valence-electron chi connectivity index (χ0n) is 15.8. The topological polar surface area (TPSA) is 67.9 Å². The number of rotatable bonds is 2. The number of aromatic amines is 1. The number of nitrogens with one attached hydrogen (secondary N) is 1. The molecule has 5 aromatic rings. The number of hydrogen-bond donors (Lipinski definition) is 1. The van der Waals surface area contributed by atoms with Gasteiger partial charge in [-0.05, 0) is 42.8 Å². The number of benzene rings is 2. The highest BCUT2D eigenvalue weighted by Crippen LogP contribution is 2.35. The van der Waals surface area contributed by atoms with E-state index in [9.17, 15) is 9.18 Å². The predicted octanol–water partition coefficient (Wildman–Crippen LogP) is 5.17. The normalized spacial score (nSPS) is 11.4. The van der Waals surface area contributed by atoms with E-state index >= 15 is 0 Å². The molecule has 0 unspecified atom stereocenters. The lowest BCUT2D eigenvalue weighted by Crippen LogP contribution is -2.08. The Kier molecular flexibility index (Phi) is 3.81. The van der Waals surface area contributed by atoms with E-state index in [1.54, 1.807) is 18.2 Å². The summed E-state index contributed by atoms with van der Waals surface area (Å²) in [6.45, 7) is 1.86. The maximum absolute atomic E-state index is 13.5. The molecule has 1 N–H and O–H groups in total. The number of hydrogen-bond acceptors (Lipinski definition) is 4. The van der Waals surface area contributed by atoms with E-state index in [1.807, 2.05) is 31.2 Å². The summed E-state index contributed by atoms with van der Waals surface area (Å²) in [7, 11) is 1.34. The SMILES string of the molecule is COC(=O)c1nc(-c2ccc3cc(F)ccc3n2)c2[nH]c3ccccc3c2c1C. The van der Waals surface area contributed by atoms with Crippen molar-refractivity contribution in [2.75, 3.05) is 7.11 Å². The summed E-state index contributed by atoms with van der Waals surface area (Å²) in [5.41, 5.74) is 4.52. The van der Waals surface area contributed by atoms with Crippen molar-refractivity contribution < 1.29 is 13.9 Å². The summed E-state index contributed by atoms with van der Waals surface area (Å²) >= 11 is 0. The Morgan fingerprint density at radius 2 is 1.90 bits per heavy atom. The molecule has 6 heteroatoms. The fraction of sp³-hybridized carbons (Fsp3) is 0.0870. The molecule has 3 aromatic heterocycles. The average molecular weight is 385 g/mol. The number of halogens is 1. The Bertz CT molecular complexity index is 1440. The van der Waals surface area contributed by atoms with Crippen LogP contribution < -0.4 is 0 Å². The van der Waals surface area contributed by atoms with Crippen molar-refractivity contribution in [1.82, 2.24) is 15.0 Å². The summed E-state index contributed by atoms with van der Waals surface area (Å²) in [5.74, 6) is -0.815. The highest BCUT2D eigenvalue weighted by Gasteiger charge is 2.22. The summed E-state index contributed by atoms with van der Waals surface area (Å²) in [5, 5.41) is 2.60. The minimum atomic E-state index is -0.501. The molecule has 5 rings (SSSR count). The quantitative estimate of drug-likeness (QED) is 0.426. The minimum absolute atomic E-state index is 0.251. The molecule has 0 radical (unpaired) electrons. The monoisotopic (exact) mass is 385 g/mol. The van der Waals surface area contributed by atoms with Gasteiger partial charge >= 0.3 is 5.97 Å². The van der Waals surface area contributed by atoms with Crippen LogP contribution in [0.4, 0.5) is 4.39 Å². The third-order valence-electron chi connectivity index (χ3n) is 5.17. The highest BCUT2D eigenvalue weighted by molar-refractivity contribution is 6.14. The van der Waals surface area contributed by atoms with Crippen LogP contribution in [0.1, 0.15) is 16.1 Å². The van der Waals surface area contributed by atoms with Gasteiger partial charge in [0.1, 0.15) is 11.5 Å². The van der Waals surface area contributed by atoms with Crippen molar-refractivity contribution in [3.63, 3.8) is 0 Å². The van der Waals surface area contributed by atoms with Crippen LogP contribution in [0.3, 0.4) is 0 Å². The standard InChI is InChI=1S/C23H16FN3O2/c1-12-19-15-5-3-4-6-17(15)26-22(19)21(27-20(12)23(28)29-2)18-9-7-13-11-14(24)8-10-16(13)25-18/h3-11,26H,1-2H3. The molecule has 2 aromatic carbocycles. The van der Waals surface area contributed by atoms with Crippen LogP contribution in [0.15, 0.2) is 54.6 Å². The van der Waals surface area contributed by atoms with E-state index in [0.29, 0.717) is 22.3 Å². The lowest BCUT2D eigenvalue weighted by Gasteiger charge is -2.10. The van der Waals surface area contributed by atoms with E-state index < -0.39 is 5.97 Å². The number of esters is 1. The number of pyridine rings is 2. The van der Waals surface area contributed by atoms with Gasteiger partial charge < -0.3 is 9.72 Å². The number of para-hydroxylation sites is 1. The van der Waals surface area contributed by atoms with Crippen molar-refractivity contribution in [3.8, 4) is 11.4 Å². The number of aromatic nitrogens is 3. The van der Waals surface area contributed by atoms with Gasteiger partial charge in [-0.2, -0.15) is 0 Å². The van der Waals surface area contributed by atoms with E-state index in [2.05, 4.69) is 15.0 Å². The minimum Gasteiger partial charge on any atom is -0.464 e. The zero-order chi connectivity index (χ0) is 20.1. The smallest absolute Gasteiger partial charge is 0.356 e. The average Bonchev–Trinajstić information content (AvgIpc) is 3.13. The molecule has 0 aliphatic carbocycles. The Morgan fingerprint density at radius 3 is 2.72 bits per heavy atom. The van der Waals surface area contributed by atoms with Gasteiger partial charge in [-0.15, -0.1) is 0 Å². The second kappa shape index (κ2) is 6.38. The molecule has 3 heterocycles. The summed E-state index contributed by atoms with van der Waals surface area (Å²) in [6, 6.07) is 15.9. The predicted molar refractivity (Wildman–Crippen MR) is 110 cm³/mol. The maximum atomic E-state index is 13.5. The summed E-state index contributed by atoms with van der Waals surface area (Å²) in [4.78, 5) is 25.1. The van der Waals surface area contributed by atoms with Crippen LogP contribution in [0.5, 0.6) is 0 Å². The lowest BCUT2D eigenvalue weighted by molar-refractivity contribution is 0.0593. The molecule has 0 saturated heterocycles. The third-order valence-corrected chi connectivity index (χ3v) is 5.17. The Balaban J connectivity index is 1.88. The first kappa shape index (κ1) is 17.3. The van der Waals surface area contributed by atoms with Crippen LogP contribution >= 0.6 is 0 Å². The lowest BCUT2D eigenvalue weighted by atomic mass is 10.0. The largest absolute Gasteiger partial charge is 0.464 e. The molecular formula is C23H16FN3O2. The molecule has 29 heavy (non-hydrogen) atoms. The van der Waals surface area contributed by atoms with Crippen LogP contribution in [-0.2, 0) is 4.74 Å². The van der Waals surface area contributed by atoms with Gasteiger partial charge in [0.15, 0.2) is 5.69 Å². The van der Waals surface area contributed by atoms with Crippen LogP contribution in [0.2, 0.25) is 0 Å². The maximum Gasteiger partial charge on any atom is 0.356 e. The third kappa shape index (κ3) is 2.64. The number of aryl methyl sites for hydroxylation is 1. The van der Waals surface area contributed by atoms with Gasteiger partial charge in [0.05, 0.1) is 23.8 Å². The Morgan fingerprint density at radius 1 is 1.07 bits per heavy atom. The van der Waals surface area contributed by atoms with Gasteiger partial charge in [0, 0.05) is 21.7 Å². The molecule has 0 spiro atoms. The second-order valence-electron chi connectivity index (χ2n) is 6.88. The van der Waals surface area contributed by atoms with Crippen molar-refractivity contribution in [1.29, 1.82) is 0 Å². The molecule has 0 saturated carbocycles. The van der Waals surface area contributed by atoms with Gasteiger partial charge in [-0.3, -0.25) is 0 Å². The number of carbonyl (C=O) groups excluding carboxylic acids is 1. The van der Waals surface area contributed by atoms with Gasteiger partial charge in [-0.1, -0.05) is 24.3 Å². The number of methoxy groups -OCH3 is 1. The molecule has 0 atom stereocenters. The first-order valence-corrected chi connectivity index (χ1v) is 9.13. The molecule has 142 valence electrons. The molecule has 5 nitrogen and oxygen atoms in total. The number of ether oxygens (including phenoxy) is 1. The first-order chi connectivity index (χ1) is 14.1. The number of carbonyl (C=O) groups is 1. The summed E-state index contributed by atoms with van der Waals surface area (Å²) < 4.78 is 18.5. The number of H-pyrrole nitrogens is 1. The molecule has 0 fully saturated rings. The van der Waals surface area contributed by atoms with Gasteiger partial charge in [-0.25, -0.2) is 19.2 Å². The molecule has 0 aliphatic heterocycles.